The number of carbonyl (C=O) groups excluding carboxylic acids is 1. The summed E-state index contributed by atoms with van der Waals surface area (Å²) in [6, 6.07) is 11.0. The molecular formula is C21H17Br2NO4. The van der Waals surface area contributed by atoms with E-state index in [1.807, 2.05) is 37.3 Å². The number of ether oxygens (including phenoxy) is 3. The molecule has 28 heavy (non-hydrogen) atoms. The average Bonchev–Trinajstić information content (AvgIpc) is 3.01. The van der Waals surface area contributed by atoms with Gasteiger partial charge in [0, 0.05) is 10.0 Å². The predicted molar refractivity (Wildman–Crippen MR) is 116 cm³/mol. The summed E-state index contributed by atoms with van der Waals surface area (Å²) in [7, 11) is 1.56. The van der Waals surface area contributed by atoms with Crippen molar-refractivity contribution in [3.63, 3.8) is 0 Å². The molecule has 0 radical (unpaired) electrons. The fraction of sp³-hybridized carbons (Fsp3) is 0.143. The molecule has 0 N–H and O–H groups in total. The summed E-state index contributed by atoms with van der Waals surface area (Å²) in [5.41, 5.74) is 2.55. The van der Waals surface area contributed by atoms with Crippen LogP contribution in [0.4, 0.5) is 0 Å². The number of halogens is 2. The lowest BCUT2D eigenvalue weighted by molar-refractivity contribution is -0.129. The minimum Gasteiger partial charge on any atom is -0.493 e. The van der Waals surface area contributed by atoms with E-state index in [0.717, 1.165) is 21.2 Å². The van der Waals surface area contributed by atoms with Crippen molar-refractivity contribution < 1.29 is 19.0 Å². The molecule has 0 aliphatic carbocycles. The molecule has 0 fully saturated rings. The number of cyclic esters (lactones) is 1. The Balaban J connectivity index is 1.91. The third-order valence-corrected chi connectivity index (χ3v) is 4.85. The molecule has 1 aliphatic rings. The second-order valence-corrected chi connectivity index (χ2v) is 7.89. The van der Waals surface area contributed by atoms with Gasteiger partial charge >= 0.3 is 5.97 Å². The van der Waals surface area contributed by atoms with Gasteiger partial charge in [-0.1, -0.05) is 22.5 Å². The zero-order valence-corrected chi connectivity index (χ0v) is 18.5. The van der Waals surface area contributed by atoms with Crippen molar-refractivity contribution in [3.8, 4) is 11.5 Å². The van der Waals surface area contributed by atoms with Crippen LogP contribution in [0.5, 0.6) is 11.5 Å². The van der Waals surface area contributed by atoms with E-state index in [2.05, 4.69) is 43.4 Å². The van der Waals surface area contributed by atoms with Crippen molar-refractivity contribution >= 4 is 49.8 Å². The Morgan fingerprint density at radius 3 is 2.61 bits per heavy atom. The summed E-state index contributed by atoms with van der Waals surface area (Å²) in [5, 5.41) is 0. The fourth-order valence-corrected chi connectivity index (χ4v) is 3.28. The Labute approximate surface area is 180 Å². The fourth-order valence-electron chi connectivity index (χ4n) is 2.44. The number of carbonyl (C=O) groups is 1. The van der Waals surface area contributed by atoms with Crippen LogP contribution in [0.25, 0.3) is 6.08 Å². The van der Waals surface area contributed by atoms with E-state index in [0.29, 0.717) is 22.6 Å². The number of esters is 1. The molecule has 1 aliphatic heterocycles. The smallest absolute Gasteiger partial charge is 0.363 e. The molecule has 144 valence electrons. The van der Waals surface area contributed by atoms with Crippen LogP contribution in [0.2, 0.25) is 0 Å². The minimum absolute atomic E-state index is 0.211. The summed E-state index contributed by atoms with van der Waals surface area (Å²) in [6.45, 7) is 6.09. The van der Waals surface area contributed by atoms with Crippen LogP contribution in [0.3, 0.4) is 0 Å². The van der Waals surface area contributed by atoms with Crippen molar-refractivity contribution in [3.05, 3.63) is 74.3 Å². The van der Waals surface area contributed by atoms with E-state index < -0.39 is 5.97 Å². The van der Waals surface area contributed by atoms with Gasteiger partial charge in [0.15, 0.2) is 17.2 Å². The van der Waals surface area contributed by atoms with Gasteiger partial charge in [-0.2, -0.15) is 0 Å². The largest absolute Gasteiger partial charge is 0.493 e. The first-order valence-corrected chi connectivity index (χ1v) is 9.89. The van der Waals surface area contributed by atoms with Crippen molar-refractivity contribution in [2.45, 2.75) is 6.92 Å². The van der Waals surface area contributed by atoms with Crippen molar-refractivity contribution in [2.75, 3.05) is 13.7 Å². The first kappa shape index (κ1) is 20.4. The summed E-state index contributed by atoms with van der Waals surface area (Å²) in [4.78, 5) is 16.5. The maximum atomic E-state index is 12.2. The molecule has 0 unspecified atom stereocenters. The Morgan fingerprint density at radius 2 is 1.96 bits per heavy atom. The second-order valence-electron chi connectivity index (χ2n) is 6.12. The standard InChI is InChI=1S/C21H17Br2NO4/c1-12(2)11-27-19-16(23)8-13(10-18(19)26-3)9-17-21(25)28-20(24-17)14-4-6-15(22)7-5-14/h4-10H,1,11H2,2-3H3/b17-9-. The average molecular weight is 507 g/mol. The Bertz CT molecular complexity index is 994. The molecule has 0 spiro atoms. The zero-order valence-electron chi connectivity index (χ0n) is 15.3. The lowest BCUT2D eigenvalue weighted by Crippen LogP contribution is -2.05. The van der Waals surface area contributed by atoms with E-state index >= 15 is 0 Å². The number of benzene rings is 2. The molecule has 0 amide bonds. The predicted octanol–water partition coefficient (Wildman–Crippen LogP) is 5.52. The number of aliphatic imine (C=N–C) groups is 1. The first-order chi connectivity index (χ1) is 13.4. The molecule has 0 saturated carbocycles. The molecule has 1 heterocycles. The number of nitrogens with zero attached hydrogens (tertiary/aromatic N) is 1. The van der Waals surface area contributed by atoms with Gasteiger partial charge in [0.25, 0.3) is 0 Å². The van der Waals surface area contributed by atoms with Gasteiger partial charge in [-0.25, -0.2) is 9.79 Å². The molecule has 0 bridgehead atoms. The normalized spacial score (nSPS) is 14.6. The van der Waals surface area contributed by atoms with Crippen LogP contribution in [0.15, 0.2) is 68.2 Å². The molecule has 2 aromatic rings. The number of hydrogen-bond acceptors (Lipinski definition) is 5. The summed E-state index contributed by atoms with van der Waals surface area (Å²) in [6.07, 6.45) is 1.64. The molecule has 0 atom stereocenters. The van der Waals surface area contributed by atoms with Gasteiger partial charge in [-0.3, -0.25) is 0 Å². The number of methoxy groups -OCH3 is 1. The van der Waals surface area contributed by atoms with Gasteiger partial charge in [-0.05, 0) is 76.5 Å². The van der Waals surface area contributed by atoms with Crippen LogP contribution in [0, 0.1) is 0 Å². The minimum atomic E-state index is -0.504. The lowest BCUT2D eigenvalue weighted by Gasteiger charge is -2.13. The zero-order chi connectivity index (χ0) is 20.3. The van der Waals surface area contributed by atoms with Crippen LogP contribution in [-0.4, -0.2) is 25.6 Å². The highest BCUT2D eigenvalue weighted by Gasteiger charge is 2.24. The van der Waals surface area contributed by atoms with Crippen LogP contribution in [0.1, 0.15) is 18.1 Å². The Kier molecular flexibility index (Phi) is 6.36. The summed E-state index contributed by atoms with van der Waals surface area (Å²) in [5.74, 6) is 0.874. The third kappa shape index (κ3) is 4.72. The molecule has 0 aromatic heterocycles. The molecule has 7 heteroatoms. The van der Waals surface area contributed by atoms with E-state index in [9.17, 15) is 4.79 Å². The lowest BCUT2D eigenvalue weighted by atomic mass is 10.1. The van der Waals surface area contributed by atoms with E-state index in [1.165, 1.54) is 0 Å². The topological polar surface area (TPSA) is 57.1 Å². The van der Waals surface area contributed by atoms with Gasteiger partial charge < -0.3 is 14.2 Å². The number of rotatable bonds is 6. The Morgan fingerprint density at radius 1 is 1.25 bits per heavy atom. The summed E-state index contributed by atoms with van der Waals surface area (Å²) < 4.78 is 18.1. The molecular weight excluding hydrogens is 490 g/mol. The molecule has 0 saturated heterocycles. The van der Waals surface area contributed by atoms with Gasteiger partial charge in [0.2, 0.25) is 5.90 Å². The highest BCUT2D eigenvalue weighted by molar-refractivity contribution is 9.10. The summed E-state index contributed by atoms with van der Waals surface area (Å²) >= 11 is 6.87. The quantitative estimate of drug-likeness (QED) is 0.294. The van der Waals surface area contributed by atoms with E-state index in [4.69, 9.17) is 14.2 Å². The first-order valence-electron chi connectivity index (χ1n) is 8.30. The highest BCUT2D eigenvalue weighted by Crippen LogP contribution is 2.37. The van der Waals surface area contributed by atoms with Crippen LogP contribution < -0.4 is 9.47 Å². The van der Waals surface area contributed by atoms with Crippen molar-refractivity contribution in [2.24, 2.45) is 4.99 Å². The van der Waals surface area contributed by atoms with Gasteiger partial charge in [0.1, 0.15) is 6.61 Å². The monoisotopic (exact) mass is 505 g/mol. The second kappa shape index (κ2) is 8.75. The van der Waals surface area contributed by atoms with E-state index in [1.54, 1.807) is 19.3 Å². The van der Waals surface area contributed by atoms with Crippen molar-refractivity contribution in [1.29, 1.82) is 0 Å². The van der Waals surface area contributed by atoms with E-state index in [-0.39, 0.29) is 11.6 Å². The SMILES string of the molecule is C=C(C)COc1c(Br)cc(/C=C2\N=C(c3ccc(Br)cc3)OC2=O)cc1OC. The van der Waals surface area contributed by atoms with Crippen LogP contribution in [-0.2, 0) is 9.53 Å². The maximum absolute atomic E-state index is 12.2. The molecule has 2 aromatic carbocycles. The van der Waals surface area contributed by atoms with Crippen LogP contribution >= 0.6 is 31.9 Å². The van der Waals surface area contributed by atoms with Crippen molar-refractivity contribution in [1.82, 2.24) is 0 Å². The highest BCUT2D eigenvalue weighted by atomic mass is 79.9. The molecule has 5 nitrogen and oxygen atoms in total. The molecule has 3 rings (SSSR count). The Hall–Kier alpha value is -2.38. The van der Waals surface area contributed by atoms with Gasteiger partial charge in [-0.15, -0.1) is 0 Å². The maximum Gasteiger partial charge on any atom is 0.363 e. The number of hydrogen-bond donors (Lipinski definition) is 0. The van der Waals surface area contributed by atoms with Gasteiger partial charge in [0.05, 0.1) is 11.6 Å². The third-order valence-electron chi connectivity index (χ3n) is 3.73.